The van der Waals surface area contributed by atoms with Crippen molar-refractivity contribution >= 4 is 17.3 Å². The van der Waals surface area contributed by atoms with Gasteiger partial charge >= 0.3 is 0 Å². The van der Waals surface area contributed by atoms with Crippen LogP contribution < -0.4 is 0 Å². The lowest BCUT2D eigenvalue weighted by Gasteiger charge is -2.31. The number of ether oxygens (including phenoxy) is 1. The monoisotopic (exact) mass is 303 g/mol. The Balaban J connectivity index is 2.02. The molecule has 0 aliphatic carbocycles. The molecule has 0 spiro atoms. The van der Waals surface area contributed by atoms with E-state index >= 15 is 0 Å². The molecule has 108 valence electrons. The number of nitro groups is 1. The Labute approximate surface area is 127 Å². The fourth-order valence-electron chi connectivity index (χ4n) is 2.69. The second kappa shape index (κ2) is 5.47. The molecule has 2 aromatic rings. The van der Waals surface area contributed by atoms with Crippen LogP contribution in [0, 0.1) is 10.1 Å². The van der Waals surface area contributed by atoms with Crippen LogP contribution >= 0.6 is 11.6 Å². The first kappa shape index (κ1) is 14.0. The molecule has 0 N–H and O–H groups in total. The van der Waals surface area contributed by atoms with Gasteiger partial charge in [0.15, 0.2) is 0 Å². The lowest BCUT2D eigenvalue weighted by atomic mass is 9.91. The van der Waals surface area contributed by atoms with Crippen molar-refractivity contribution in [1.29, 1.82) is 0 Å². The predicted octanol–water partition coefficient (Wildman–Crippen LogP) is 4.30. The molecule has 5 heteroatoms. The van der Waals surface area contributed by atoms with Gasteiger partial charge in [-0.3, -0.25) is 10.1 Å². The Kier molecular flexibility index (Phi) is 3.66. The van der Waals surface area contributed by atoms with Crippen molar-refractivity contribution in [3.05, 3.63) is 74.3 Å². The number of non-ortho nitro benzene ring substituents is 1. The summed E-state index contributed by atoms with van der Waals surface area (Å²) >= 11 is 6.09. The lowest BCUT2D eigenvalue weighted by Crippen LogP contribution is -2.24. The number of fused-ring (bicyclic) bond motifs is 1. The maximum atomic E-state index is 10.7. The average Bonchev–Trinajstić information content (AvgIpc) is 2.47. The van der Waals surface area contributed by atoms with Crippen LogP contribution in [0.3, 0.4) is 0 Å². The van der Waals surface area contributed by atoms with Gasteiger partial charge in [0.2, 0.25) is 0 Å². The van der Waals surface area contributed by atoms with Crippen LogP contribution in [0.4, 0.5) is 5.69 Å². The molecule has 0 saturated carbocycles. The van der Waals surface area contributed by atoms with E-state index in [2.05, 4.69) is 0 Å². The summed E-state index contributed by atoms with van der Waals surface area (Å²) in [6.45, 7) is 2.02. The highest BCUT2D eigenvalue weighted by Gasteiger charge is 2.27. The summed E-state index contributed by atoms with van der Waals surface area (Å²) in [5.74, 6) is 0. The minimum atomic E-state index is -0.404. The minimum Gasteiger partial charge on any atom is -0.365 e. The molecule has 4 nitrogen and oxygen atoms in total. The van der Waals surface area contributed by atoms with E-state index in [1.807, 2.05) is 25.1 Å². The summed E-state index contributed by atoms with van der Waals surface area (Å²) in [7, 11) is 0. The molecule has 21 heavy (non-hydrogen) atoms. The fraction of sp³-hybridized carbons (Fsp3) is 0.250. The quantitative estimate of drug-likeness (QED) is 0.614. The van der Waals surface area contributed by atoms with Crippen LogP contribution in [-0.2, 0) is 11.2 Å². The highest BCUT2D eigenvalue weighted by molar-refractivity contribution is 6.30. The fourth-order valence-corrected chi connectivity index (χ4v) is 2.87. The van der Waals surface area contributed by atoms with Crippen molar-refractivity contribution in [3.63, 3.8) is 0 Å². The molecule has 0 amide bonds. The van der Waals surface area contributed by atoms with Crippen molar-refractivity contribution in [2.45, 2.75) is 25.6 Å². The Morgan fingerprint density at radius 2 is 1.95 bits per heavy atom. The van der Waals surface area contributed by atoms with Gasteiger partial charge in [-0.05, 0) is 54.3 Å². The first-order chi connectivity index (χ1) is 10.0. The largest absolute Gasteiger partial charge is 0.365 e. The van der Waals surface area contributed by atoms with E-state index in [0.29, 0.717) is 5.02 Å². The van der Waals surface area contributed by atoms with Gasteiger partial charge in [-0.2, -0.15) is 0 Å². The highest BCUT2D eigenvalue weighted by Crippen LogP contribution is 2.37. The van der Waals surface area contributed by atoms with E-state index in [9.17, 15) is 10.1 Å². The number of nitro benzene ring substituents is 1. The number of rotatable bonds is 2. The second-order valence-electron chi connectivity index (χ2n) is 5.22. The highest BCUT2D eigenvalue weighted by atomic mass is 35.5. The van der Waals surface area contributed by atoms with E-state index in [0.717, 1.165) is 17.5 Å². The van der Waals surface area contributed by atoms with Crippen LogP contribution in [0.1, 0.15) is 29.7 Å². The lowest BCUT2D eigenvalue weighted by molar-refractivity contribution is -0.384. The molecule has 0 aromatic heterocycles. The summed E-state index contributed by atoms with van der Waals surface area (Å²) in [6.07, 6.45) is 0.706. The van der Waals surface area contributed by atoms with E-state index in [1.165, 1.54) is 17.7 Å². The molecular formula is C16H14ClNO3. The Morgan fingerprint density at radius 1 is 1.24 bits per heavy atom. The average molecular weight is 304 g/mol. The Bertz CT molecular complexity index is 684. The first-order valence-electron chi connectivity index (χ1n) is 6.73. The molecule has 2 aromatic carbocycles. The summed E-state index contributed by atoms with van der Waals surface area (Å²) in [5, 5.41) is 11.4. The van der Waals surface area contributed by atoms with Gasteiger partial charge in [0, 0.05) is 17.2 Å². The third-order valence-electron chi connectivity index (χ3n) is 3.67. The topological polar surface area (TPSA) is 52.4 Å². The third-order valence-corrected chi connectivity index (χ3v) is 3.91. The number of nitrogens with zero attached hydrogens (tertiary/aromatic N) is 1. The molecule has 3 rings (SSSR count). The summed E-state index contributed by atoms with van der Waals surface area (Å²) in [5.41, 5.74) is 3.22. The van der Waals surface area contributed by atoms with E-state index in [4.69, 9.17) is 16.3 Å². The van der Waals surface area contributed by atoms with Gasteiger partial charge < -0.3 is 4.74 Å². The van der Waals surface area contributed by atoms with Crippen LogP contribution in [0.15, 0.2) is 42.5 Å². The van der Waals surface area contributed by atoms with Gasteiger partial charge in [-0.15, -0.1) is 0 Å². The molecule has 0 radical (unpaired) electrons. The van der Waals surface area contributed by atoms with Gasteiger partial charge in [-0.25, -0.2) is 0 Å². The van der Waals surface area contributed by atoms with Crippen molar-refractivity contribution in [3.8, 4) is 0 Å². The van der Waals surface area contributed by atoms with Crippen molar-refractivity contribution in [2.75, 3.05) is 0 Å². The van der Waals surface area contributed by atoms with Crippen LogP contribution in [-0.4, -0.2) is 11.0 Å². The molecular weight excluding hydrogens is 290 g/mol. The van der Waals surface area contributed by atoms with Gasteiger partial charge in [0.05, 0.1) is 11.0 Å². The molecule has 1 heterocycles. The maximum Gasteiger partial charge on any atom is 0.269 e. The molecule has 1 aliphatic rings. The summed E-state index contributed by atoms with van der Waals surface area (Å²) in [6, 6.07) is 12.3. The zero-order valence-electron chi connectivity index (χ0n) is 11.5. The second-order valence-corrected chi connectivity index (χ2v) is 5.66. The normalized spacial score (nSPS) is 20.9. The molecule has 0 saturated heterocycles. The van der Waals surface area contributed by atoms with E-state index < -0.39 is 4.92 Å². The number of hydrogen-bond donors (Lipinski definition) is 0. The summed E-state index contributed by atoms with van der Waals surface area (Å²) < 4.78 is 6.03. The standard InChI is InChI=1S/C16H14ClNO3/c1-10-8-12-2-5-13(17)9-15(12)16(21-10)11-3-6-14(7-4-11)18(19)20/h2-7,9-10,16H,8H2,1H3. The van der Waals surface area contributed by atoms with E-state index in [1.54, 1.807) is 12.1 Å². The summed E-state index contributed by atoms with van der Waals surface area (Å²) in [4.78, 5) is 10.3. The number of hydrogen-bond acceptors (Lipinski definition) is 3. The van der Waals surface area contributed by atoms with Crippen LogP contribution in [0.2, 0.25) is 5.02 Å². The van der Waals surface area contributed by atoms with Crippen LogP contribution in [0.5, 0.6) is 0 Å². The van der Waals surface area contributed by atoms with Crippen molar-refractivity contribution < 1.29 is 9.66 Å². The molecule has 0 fully saturated rings. The molecule has 2 atom stereocenters. The minimum absolute atomic E-state index is 0.0777. The smallest absolute Gasteiger partial charge is 0.269 e. The van der Waals surface area contributed by atoms with Crippen LogP contribution in [0.25, 0.3) is 0 Å². The zero-order chi connectivity index (χ0) is 15.0. The third kappa shape index (κ3) is 2.77. The Hall–Kier alpha value is -1.91. The Morgan fingerprint density at radius 3 is 2.62 bits per heavy atom. The van der Waals surface area contributed by atoms with Crippen molar-refractivity contribution in [1.82, 2.24) is 0 Å². The number of halogens is 1. The van der Waals surface area contributed by atoms with Gasteiger partial charge in [0.25, 0.3) is 5.69 Å². The number of benzene rings is 2. The first-order valence-corrected chi connectivity index (χ1v) is 7.10. The maximum absolute atomic E-state index is 10.7. The molecule has 2 unspecified atom stereocenters. The van der Waals surface area contributed by atoms with Crippen molar-refractivity contribution in [2.24, 2.45) is 0 Å². The zero-order valence-corrected chi connectivity index (χ0v) is 12.2. The van der Waals surface area contributed by atoms with Gasteiger partial charge in [0.1, 0.15) is 6.10 Å². The predicted molar refractivity (Wildman–Crippen MR) is 80.6 cm³/mol. The molecule has 0 bridgehead atoms. The SMILES string of the molecule is CC1Cc2ccc(Cl)cc2C(c2ccc([N+](=O)[O-])cc2)O1. The molecule has 1 aliphatic heterocycles. The van der Waals surface area contributed by atoms with Gasteiger partial charge in [-0.1, -0.05) is 17.7 Å². The van der Waals surface area contributed by atoms with E-state index in [-0.39, 0.29) is 17.9 Å².